The largest absolute Gasteiger partial charge is 0.490 e. The van der Waals surface area contributed by atoms with Crippen molar-refractivity contribution in [3.63, 3.8) is 0 Å². The Balaban J connectivity index is 1.43. The van der Waals surface area contributed by atoms with E-state index in [1.165, 1.54) is 10.9 Å². The molecule has 0 fully saturated rings. The summed E-state index contributed by atoms with van der Waals surface area (Å²) in [5.41, 5.74) is 2.90. The number of carbonyl (C=O) groups is 1. The molecule has 0 bridgehead atoms. The van der Waals surface area contributed by atoms with E-state index in [1.807, 2.05) is 50.2 Å². The van der Waals surface area contributed by atoms with Gasteiger partial charge in [0.1, 0.15) is 0 Å². The second-order valence-electron chi connectivity index (χ2n) is 9.35. The maximum atomic E-state index is 13.4. The zero-order valence-corrected chi connectivity index (χ0v) is 24.5. The van der Waals surface area contributed by atoms with Crippen LogP contribution in [0.3, 0.4) is 0 Å². The standard InChI is InChI=1S/C31H28ClN5O4S/c1-3-40-24-16-21(28-26(19(2)35-31(42)36-28)29(38)33-17-20-10-6-4-7-11-20)14-15-23(24)41-25-18-34-37(30(39)27(25)32)22-12-8-5-9-13-22/h4-16,18,28H,3,17H2,1-2H3,(H,33,38)(H2,35,36,42)/t28-/m1/s1. The van der Waals surface area contributed by atoms with Crippen molar-refractivity contribution in [1.82, 2.24) is 25.7 Å². The van der Waals surface area contributed by atoms with Gasteiger partial charge in [-0.15, -0.1) is 0 Å². The van der Waals surface area contributed by atoms with Crippen LogP contribution >= 0.6 is 23.8 Å². The number of hydrogen-bond acceptors (Lipinski definition) is 6. The summed E-state index contributed by atoms with van der Waals surface area (Å²) < 4.78 is 13.1. The maximum absolute atomic E-state index is 13.4. The molecule has 0 saturated carbocycles. The molecule has 9 nitrogen and oxygen atoms in total. The molecule has 1 aromatic heterocycles. The van der Waals surface area contributed by atoms with Gasteiger partial charge in [0.15, 0.2) is 27.4 Å². The fourth-order valence-electron chi connectivity index (χ4n) is 4.54. The number of para-hydroxylation sites is 1. The highest BCUT2D eigenvalue weighted by Gasteiger charge is 2.30. The van der Waals surface area contributed by atoms with Crippen LogP contribution in [0.4, 0.5) is 0 Å². The number of amides is 1. The van der Waals surface area contributed by atoms with Gasteiger partial charge in [0.05, 0.1) is 30.1 Å². The Morgan fingerprint density at radius 2 is 1.76 bits per heavy atom. The number of thiocarbonyl (C=S) groups is 1. The van der Waals surface area contributed by atoms with Crippen molar-refractivity contribution in [2.75, 3.05) is 6.61 Å². The zero-order valence-electron chi connectivity index (χ0n) is 22.9. The molecule has 1 aliphatic heterocycles. The summed E-state index contributed by atoms with van der Waals surface area (Å²) in [6, 6.07) is 23.3. The molecule has 2 heterocycles. The molecule has 4 aromatic rings. The van der Waals surface area contributed by atoms with Gasteiger partial charge in [0.2, 0.25) is 0 Å². The third-order valence-corrected chi connectivity index (χ3v) is 7.09. The lowest BCUT2D eigenvalue weighted by molar-refractivity contribution is -0.118. The summed E-state index contributed by atoms with van der Waals surface area (Å²) in [7, 11) is 0. The Bertz CT molecular complexity index is 1710. The Morgan fingerprint density at radius 1 is 1.05 bits per heavy atom. The second-order valence-corrected chi connectivity index (χ2v) is 10.1. The van der Waals surface area contributed by atoms with Crippen molar-refractivity contribution in [2.24, 2.45) is 0 Å². The Morgan fingerprint density at radius 3 is 2.48 bits per heavy atom. The van der Waals surface area contributed by atoms with Crippen LogP contribution < -0.4 is 31.0 Å². The highest BCUT2D eigenvalue weighted by molar-refractivity contribution is 7.80. The monoisotopic (exact) mass is 601 g/mol. The molecule has 11 heteroatoms. The first kappa shape index (κ1) is 28.8. The number of rotatable bonds is 9. The van der Waals surface area contributed by atoms with Crippen LogP contribution in [0, 0.1) is 0 Å². The fourth-order valence-corrected chi connectivity index (χ4v) is 4.97. The van der Waals surface area contributed by atoms with Crippen molar-refractivity contribution in [2.45, 2.75) is 26.4 Å². The Hall–Kier alpha value is -4.67. The quantitative estimate of drug-likeness (QED) is 0.225. The normalized spacial score (nSPS) is 14.5. The predicted octanol–water partition coefficient (Wildman–Crippen LogP) is 5.19. The first-order valence-electron chi connectivity index (χ1n) is 13.2. The number of benzene rings is 3. The van der Waals surface area contributed by atoms with E-state index in [-0.39, 0.29) is 16.7 Å². The third-order valence-electron chi connectivity index (χ3n) is 6.52. The molecule has 0 saturated heterocycles. The summed E-state index contributed by atoms with van der Waals surface area (Å²) >= 11 is 11.8. The van der Waals surface area contributed by atoms with E-state index >= 15 is 0 Å². The van der Waals surface area contributed by atoms with E-state index in [4.69, 9.17) is 33.3 Å². The molecular weight excluding hydrogens is 574 g/mol. The number of nitrogens with zero attached hydrogens (tertiary/aromatic N) is 2. The first-order valence-corrected chi connectivity index (χ1v) is 14.0. The molecular formula is C31H28ClN5O4S. The van der Waals surface area contributed by atoms with Gasteiger partial charge < -0.3 is 25.4 Å². The number of aromatic nitrogens is 2. The lowest BCUT2D eigenvalue weighted by Gasteiger charge is -2.30. The first-order chi connectivity index (χ1) is 20.4. The van der Waals surface area contributed by atoms with E-state index in [9.17, 15) is 9.59 Å². The third kappa shape index (κ3) is 6.29. The van der Waals surface area contributed by atoms with E-state index < -0.39 is 11.6 Å². The van der Waals surface area contributed by atoms with Crippen LogP contribution in [0.2, 0.25) is 5.02 Å². The second kappa shape index (κ2) is 12.9. The van der Waals surface area contributed by atoms with Crippen molar-refractivity contribution in [1.29, 1.82) is 0 Å². The molecule has 0 spiro atoms. The predicted molar refractivity (Wildman–Crippen MR) is 165 cm³/mol. The summed E-state index contributed by atoms with van der Waals surface area (Å²) in [5, 5.41) is 13.7. The van der Waals surface area contributed by atoms with Crippen molar-refractivity contribution < 1.29 is 14.3 Å². The van der Waals surface area contributed by atoms with Crippen molar-refractivity contribution >= 4 is 34.8 Å². The summed E-state index contributed by atoms with van der Waals surface area (Å²) in [6.07, 6.45) is 1.38. The van der Waals surface area contributed by atoms with Gasteiger partial charge in [-0.1, -0.05) is 66.2 Å². The molecule has 0 unspecified atom stereocenters. The number of allylic oxidation sites excluding steroid dienone is 1. The highest BCUT2D eigenvalue weighted by Crippen LogP contribution is 2.37. The number of carbonyl (C=O) groups excluding carboxylic acids is 1. The average Bonchev–Trinajstić information content (AvgIpc) is 3.00. The van der Waals surface area contributed by atoms with Gasteiger partial charge in [0.25, 0.3) is 11.5 Å². The fraction of sp³-hybridized carbons (Fsp3) is 0.161. The van der Waals surface area contributed by atoms with Crippen LogP contribution in [-0.4, -0.2) is 27.4 Å². The van der Waals surface area contributed by atoms with Crippen LogP contribution in [0.5, 0.6) is 17.2 Å². The van der Waals surface area contributed by atoms with Gasteiger partial charge in [-0.3, -0.25) is 9.59 Å². The van der Waals surface area contributed by atoms with E-state index in [1.54, 1.807) is 42.5 Å². The highest BCUT2D eigenvalue weighted by atomic mass is 35.5. The van der Waals surface area contributed by atoms with Crippen LogP contribution in [0.25, 0.3) is 5.69 Å². The average molecular weight is 602 g/mol. The topological polar surface area (TPSA) is 107 Å². The molecule has 1 aliphatic rings. The smallest absolute Gasteiger partial charge is 0.294 e. The number of nitrogens with one attached hydrogen (secondary N) is 3. The van der Waals surface area contributed by atoms with Crippen LogP contribution in [-0.2, 0) is 11.3 Å². The number of ether oxygens (including phenoxy) is 2. The molecule has 3 N–H and O–H groups in total. The van der Waals surface area contributed by atoms with Gasteiger partial charge in [0, 0.05) is 12.2 Å². The zero-order chi connectivity index (χ0) is 29.6. The Labute approximate surface area is 253 Å². The van der Waals surface area contributed by atoms with Crippen molar-refractivity contribution in [3.05, 3.63) is 123 Å². The lowest BCUT2D eigenvalue weighted by atomic mass is 9.94. The number of hydrogen-bond donors (Lipinski definition) is 3. The van der Waals surface area contributed by atoms with Crippen LogP contribution in [0.15, 0.2) is 101 Å². The molecule has 214 valence electrons. The Kier molecular flexibility index (Phi) is 8.85. The van der Waals surface area contributed by atoms with Gasteiger partial charge in [-0.2, -0.15) is 9.78 Å². The van der Waals surface area contributed by atoms with E-state index in [0.717, 1.165) is 11.1 Å². The molecule has 1 atom stereocenters. The molecule has 3 aromatic carbocycles. The number of halogens is 1. The van der Waals surface area contributed by atoms with Gasteiger partial charge >= 0.3 is 0 Å². The molecule has 42 heavy (non-hydrogen) atoms. The van der Waals surface area contributed by atoms with Crippen LogP contribution in [0.1, 0.15) is 31.0 Å². The minimum Gasteiger partial charge on any atom is -0.490 e. The van der Waals surface area contributed by atoms with Gasteiger partial charge in [-0.05, 0) is 61.5 Å². The molecule has 0 radical (unpaired) electrons. The van der Waals surface area contributed by atoms with Gasteiger partial charge in [-0.25, -0.2) is 0 Å². The van der Waals surface area contributed by atoms with Crippen molar-refractivity contribution in [3.8, 4) is 22.9 Å². The summed E-state index contributed by atoms with van der Waals surface area (Å²) in [6.45, 7) is 4.38. The summed E-state index contributed by atoms with van der Waals surface area (Å²) in [5.74, 6) is 0.569. The molecule has 0 aliphatic carbocycles. The maximum Gasteiger partial charge on any atom is 0.294 e. The SMILES string of the molecule is CCOc1cc([C@H]2NC(=S)NC(C)=C2C(=O)NCc2ccccc2)ccc1Oc1cnn(-c2ccccc2)c(=O)c1Cl. The minimum absolute atomic E-state index is 0.0837. The van der Waals surface area contributed by atoms with E-state index in [0.29, 0.717) is 46.7 Å². The summed E-state index contributed by atoms with van der Waals surface area (Å²) in [4.78, 5) is 26.3. The molecule has 1 amide bonds. The van der Waals surface area contributed by atoms with E-state index in [2.05, 4.69) is 21.0 Å². The minimum atomic E-state index is -0.553. The lowest BCUT2D eigenvalue weighted by Crippen LogP contribution is -2.46. The molecule has 5 rings (SSSR count).